The monoisotopic (exact) mass is 347 g/mol. The number of aromatic nitrogens is 2. The number of hydrogen-bond acceptors (Lipinski definition) is 4. The number of rotatable bonds is 4. The van der Waals surface area contributed by atoms with Gasteiger partial charge in [-0.1, -0.05) is 31.5 Å². The maximum atomic E-state index is 10.3. The second kappa shape index (κ2) is 6.94. The highest BCUT2D eigenvalue weighted by molar-refractivity contribution is 5.92. The van der Waals surface area contributed by atoms with Crippen molar-refractivity contribution in [1.82, 2.24) is 9.97 Å². The van der Waals surface area contributed by atoms with Crippen LogP contribution in [-0.2, 0) is 0 Å². The van der Waals surface area contributed by atoms with E-state index in [4.69, 9.17) is 9.97 Å². The van der Waals surface area contributed by atoms with Crippen LogP contribution in [0.2, 0.25) is 0 Å². The molecular weight excluding hydrogens is 322 g/mol. The number of para-hydroxylation sites is 1. The number of aromatic hydroxyl groups is 1. The third kappa shape index (κ3) is 3.00. The second-order valence-corrected chi connectivity index (χ2v) is 7.19. The van der Waals surface area contributed by atoms with E-state index in [0.717, 1.165) is 23.3 Å². The fraction of sp³-hybridized carbons (Fsp3) is 0.364. The Morgan fingerprint density at radius 2 is 2.00 bits per heavy atom. The van der Waals surface area contributed by atoms with Crippen LogP contribution in [0.5, 0.6) is 5.75 Å². The molecule has 4 rings (SSSR count). The van der Waals surface area contributed by atoms with Crippen molar-refractivity contribution in [2.45, 2.75) is 45.6 Å². The Morgan fingerprint density at radius 3 is 2.81 bits per heavy atom. The molecule has 1 aliphatic heterocycles. The summed E-state index contributed by atoms with van der Waals surface area (Å²) in [7, 11) is 0. The van der Waals surface area contributed by atoms with Gasteiger partial charge in [-0.25, -0.2) is 9.97 Å². The van der Waals surface area contributed by atoms with Crippen LogP contribution >= 0.6 is 0 Å². The third-order valence-electron chi connectivity index (χ3n) is 5.25. The average molecular weight is 347 g/mol. The van der Waals surface area contributed by atoms with E-state index in [0.29, 0.717) is 17.4 Å². The predicted molar refractivity (Wildman–Crippen MR) is 107 cm³/mol. The Bertz CT molecular complexity index is 938. The van der Waals surface area contributed by atoms with Crippen molar-refractivity contribution in [1.29, 1.82) is 0 Å². The van der Waals surface area contributed by atoms with Gasteiger partial charge in [-0.2, -0.15) is 0 Å². The van der Waals surface area contributed by atoms with Crippen molar-refractivity contribution >= 4 is 16.7 Å². The minimum Gasteiger partial charge on any atom is -0.507 e. The summed E-state index contributed by atoms with van der Waals surface area (Å²) >= 11 is 0. The van der Waals surface area contributed by atoms with E-state index in [9.17, 15) is 5.11 Å². The molecule has 1 atom stereocenters. The molecule has 1 saturated heterocycles. The number of phenolic OH excluding ortho intramolecular Hbond substituents is 1. The SMILES string of the molecule is CCCC1CCCN1c1nc(-c2ccccc2O)nc2cc(C)ccc12. The normalized spacial score (nSPS) is 17.2. The van der Waals surface area contributed by atoms with E-state index in [1.165, 1.54) is 31.2 Å². The zero-order valence-corrected chi connectivity index (χ0v) is 15.4. The van der Waals surface area contributed by atoms with E-state index in [-0.39, 0.29) is 5.75 Å². The number of aryl methyl sites for hydroxylation is 1. The summed E-state index contributed by atoms with van der Waals surface area (Å²) in [6.07, 6.45) is 4.78. The zero-order chi connectivity index (χ0) is 18.1. The summed E-state index contributed by atoms with van der Waals surface area (Å²) in [5.41, 5.74) is 2.80. The van der Waals surface area contributed by atoms with Gasteiger partial charge in [-0.3, -0.25) is 0 Å². The van der Waals surface area contributed by atoms with Gasteiger partial charge in [0.2, 0.25) is 0 Å². The lowest BCUT2D eigenvalue weighted by Gasteiger charge is -2.27. The molecular formula is C22H25N3O. The molecule has 1 fully saturated rings. The lowest BCUT2D eigenvalue weighted by atomic mass is 10.1. The average Bonchev–Trinajstić information content (AvgIpc) is 3.09. The molecule has 1 aliphatic rings. The number of nitrogens with zero attached hydrogens (tertiary/aromatic N) is 3. The summed E-state index contributed by atoms with van der Waals surface area (Å²) < 4.78 is 0. The molecule has 0 spiro atoms. The van der Waals surface area contributed by atoms with E-state index < -0.39 is 0 Å². The van der Waals surface area contributed by atoms with Crippen LogP contribution in [0.25, 0.3) is 22.3 Å². The number of anilines is 1. The first-order chi connectivity index (χ1) is 12.7. The Hall–Kier alpha value is -2.62. The highest BCUT2D eigenvalue weighted by Gasteiger charge is 2.27. The van der Waals surface area contributed by atoms with Gasteiger partial charge >= 0.3 is 0 Å². The topological polar surface area (TPSA) is 49.2 Å². The number of fused-ring (bicyclic) bond motifs is 1. The third-order valence-corrected chi connectivity index (χ3v) is 5.25. The van der Waals surface area contributed by atoms with Crippen LogP contribution in [-0.4, -0.2) is 27.7 Å². The summed E-state index contributed by atoms with van der Waals surface area (Å²) in [6, 6.07) is 14.2. The first-order valence-corrected chi connectivity index (χ1v) is 9.51. The van der Waals surface area contributed by atoms with Gasteiger partial charge in [-0.05, 0) is 56.0 Å². The van der Waals surface area contributed by atoms with Crippen LogP contribution in [0.4, 0.5) is 5.82 Å². The Balaban J connectivity index is 1.92. The van der Waals surface area contributed by atoms with E-state index >= 15 is 0 Å². The van der Waals surface area contributed by atoms with Crippen molar-refractivity contribution in [2.75, 3.05) is 11.4 Å². The smallest absolute Gasteiger partial charge is 0.165 e. The molecule has 2 aromatic carbocycles. The van der Waals surface area contributed by atoms with Crippen LogP contribution in [0.3, 0.4) is 0 Å². The molecule has 0 radical (unpaired) electrons. The number of hydrogen-bond donors (Lipinski definition) is 1. The quantitative estimate of drug-likeness (QED) is 0.715. The van der Waals surface area contributed by atoms with Gasteiger partial charge in [0.1, 0.15) is 11.6 Å². The molecule has 134 valence electrons. The van der Waals surface area contributed by atoms with E-state index in [1.54, 1.807) is 6.07 Å². The maximum absolute atomic E-state index is 10.3. The van der Waals surface area contributed by atoms with Crippen molar-refractivity contribution in [3.05, 3.63) is 48.0 Å². The Morgan fingerprint density at radius 1 is 1.15 bits per heavy atom. The summed E-state index contributed by atoms with van der Waals surface area (Å²) in [6.45, 7) is 5.35. The first kappa shape index (κ1) is 16.8. The molecule has 0 aliphatic carbocycles. The lowest BCUT2D eigenvalue weighted by Crippen LogP contribution is -2.30. The second-order valence-electron chi connectivity index (χ2n) is 7.19. The minimum absolute atomic E-state index is 0.219. The maximum Gasteiger partial charge on any atom is 0.165 e. The van der Waals surface area contributed by atoms with Crippen molar-refractivity contribution < 1.29 is 5.11 Å². The largest absolute Gasteiger partial charge is 0.507 e. The summed E-state index contributed by atoms with van der Waals surface area (Å²) in [5.74, 6) is 1.82. The molecule has 0 saturated carbocycles. The van der Waals surface area contributed by atoms with Gasteiger partial charge in [0.05, 0.1) is 11.1 Å². The minimum atomic E-state index is 0.219. The van der Waals surface area contributed by atoms with E-state index in [2.05, 4.69) is 36.9 Å². The molecule has 1 N–H and O–H groups in total. The number of phenols is 1. The molecule has 26 heavy (non-hydrogen) atoms. The van der Waals surface area contributed by atoms with Gasteiger partial charge in [0, 0.05) is 18.0 Å². The lowest BCUT2D eigenvalue weighted by molar-refractivity contribution is 0.477. The highest BCUT2D eigenvalue weighted by atomic mass is 16.3. The fourth-order valence-corrected chi connectivity index (χ4v) is 3.97. The van der Waals surface area contributed by atoms with Gasteiger partial charge in [0.15, 0.2) is 5.82 Å². The van der Waals surface area contributed by atoms with Crippen LogP contribution < -0.4 is 4.90 Å². The van der Waals surface area contributed by atoms with Crippen molar-refractivity contribution in [3.63, 3.8) is 0 Å². The molecule has 4 nitrogen and oxygen atoms in total. The first-order valence-electron chi connectivity index (χ1n) is 9.51. The Labute approximate surface area is 154 Å². The molecule has 3 aromatic rings. The number of benzene rings is 2. The van der Waals surface area contributed by atoms with E-state index in [1.807, 2.05) is 18.2 Å². The van der Waals surface area contributed by atoms with Gasteiger partial charge < -0.3 is 10.0 Å². The van der Waals surface area contributed by atoms with Crippen LogP contribution in [0.1, 0.15) is 38.2 Å². The highest BCUT2D eigenvalue weighted by Crippen LogP contribution is 2.35. The van der Waals surface area contributed by atoms with Crippen LogP contribution in [0.15, 0.2) is 42.5 Å². The van der Waals surface area contributed by atoms with Gasteiger partial charge in [0.25, 0.3) is 0 Å². The Kier molecular flexibility index (Phi) is 4.49. The summed E-state index contributed by atoms with van der Waals surface area (Å²) in [4.78, 5) is 12.2. The standard InChI is InChI=1S/C22H25N3O/c1-3-7-16-8-6-13-25(16)22-17-12-11-15(2)14-19(17)23-21(24-22)18-9-4-5-10-20(18)26/h4-5,9-12,14,16,26H,3,6-8,13H2,1-2H3. The molecule has 0 amide bonds. The van der Waals surface area contributed by atoms with Crippen LogP contribution in [0, 0.1) is 6.92 Å². The van der Waals surface area contributed by atoms with Crippen molar-refractivity contribution in [3.8, 4) is 17.1 Å². The predicted octanol–water partition coefficient (Wildman–Crippen LogP) is 5.08. The fourth-order valence-electron chi connectivity index (χ4n) is 3.97. The molecule has 1 unspecified atom stereocenters. The zero-order valence-electron chi connectivity index (χ0n) is 15.4. The summed E-state index contributed by atoms with van der Waals surface area (Å²) in [5, 5.41) is 11.4. The van der Waals surface area contributed by atoms with Crippen molar-refractivity contribution in [2.24, 2.45) is 0 Å². The molecule has 4 heteroatoms. The molecule has 0 bridgehead atoms. The van der Waals surface area contributed by atoms with Gasteiger partial charge in [-0.15, -0.1) is 0 Å². The molecule has 2 heterocycles. The molecule has 1 aromatic heterocycles.